The molecule has 1 aromatic carbocycles. The highest BCUT2D eigenvalue weighted by molar-refractivity contribution is 7.18. The first-order valence-corrected chi connectivity index (χ1v) is 7.59. The number of aromatic nitrogens is 5. The van der Waals surface area contributed by atoms with Gasteiger partial charge in [-0.15, -0.1) is 21.5 Å². The topological polar surface area (TPSA) is 76.7 Å². The quantitative estimate of drug-likeness (QED) is 0.788. The second-order valence-corrected chi connectivity index (χ2v) is 5.88. The van der Waals surface area contributed by atoms with Gasteiger partial charge in [-0.3, -0.25) is 0 Å². The van der Waals surface area contributed by atoms with Gasteiger partial charge in [-0.1, -0.05) is 29.3 Å². The number of thiazole rings is 1. The van der Waals surface area contributed by atoms with E-state index in [0.717, 1.165) is 0 Å². The van der Waals surface area contributed by atoms with Crippen LogP contribution in [0.25, 0.3) is 21.3 Å². The summed E-state index contributed by atoms with van der Waals surface area (Å²) >= 11 is 13.5. The number of hydrogen-bond acceptors (Lipinski definition) is 6. The van der Waals surface area contributed by atoms with Crippen molar-refractivity contribution in [2.45, 2.75) is 13.5 Å². The summed E-state index contributed by atoms with van der Waals surface area (Å²) in [5.74, 6) is 0.155. The molecule has 2 aromatic heterocycles. The van der Waals surface area contributed by atoms with Gasteiger partial charge in [0.1, 0.15) is 9.88 Å². The number of aromatic hydroxyl groups is 1. The molecule has 0 aliphatic rings. The molecule has 108 valence electrons. The van der Waals surface area contributed by atoms with E-state index in [1.807, 2.05) is 6.92 Å². The molecule has 0 fully saturated rings. The van der Waals surface area contributed by atoms with E-state index in [-0.39, 0.29) is 5.88 Å². The maximum atomic E-state index is 10.0. The third kappa shape index (κ3) is 2.59. The number of tetrazole rings is 1. The Morgan fingerprint density at radius 1 is 1.29 bits per heavy atom. The van der Waals surface area contributed by atoms with E-state index >= 15 is 0 Å². The third-order valence-corrected chi connectivity index (χ3v) is 4.41. The van der Waals surface area contributed by atoms with Crippen molar-refractivity contribution in [3.8, 4) is 27.2 Å². The van der Waals surface area contributed by atoms with Crippen LogP contribution in [0.15, 0.2) is 18.2 Å². The fourth-order valence-electron chi connectivity index (χ4n) is 1.73. The van der Waals surface area contributed by atoms with Gasteiger partial charge < -0.3 is 5.11 Å². The van der Waals surface area contributed by atoms with Crippen LogP contribution in [0.5, 0.6) is 5.88 Å². The van der Waals surface area contributed by atoms with Crippen LogP contribution in [-0.2, 0) is 6.54 Å². The van der Waals surface area contributed by atoms with Gasteiger partial charge in [-0.2, -0.15) is 4.80 Å². The van der Waals surface area contributed by atoms with Crippen LogP contribution in [0.1, 0.15) is 6.92 Å². The van der Waals surface area contributed by atoms with E-state index in [0.29, 0.717) is 37.9 Å². The van der Waals surface area contributed by atoms with Crippen LogP contribution in [0.4, 0.5) is 0 Å². The standard InChI is InChI=1S/C12H9Cl2N5OS/c1-2-19-17-10(16-18-19)9-11(20)15-12(21-9)8-6(13)4-3-5-7(8)14/h3-5,20H,2H2,1H3. The lowest BCUT2D eigenvalue weighted by molar-refractivity contribution is 0.459. The Hall–Kier alpha value is -1.70. The molecule has 0 unspecified atom stereocenters. The molecule has 9 heteroatoms. The second-order valence-electron chi connectivity index (χ2n) is 4.07. The summed E-state index contributed by atoms with van der Waals surface area (Å²) in [6.45, 7) is 2.49. The van der Waals surface area contributed by atoms with Gasteiger partial charge in [0.2, 0.25) is 11.7 Å². The van der Waals surface area contributed by atoms with E-state index in [1.54, 1.807) is 18.2 Å². The molecule has 0 saturated carbocycles. The SMILES string of the molecule is CCn1nnc(-c2sc(-c3c(Cl)cccc3Cl)nc2O)n1. The van der Waals surface area contributed by atoms with Gasteiger partial charge in [-0.05, 0) is 24.3 Å². The molecule has 0 spiro atoms. The molecule has 3 aromatic rings. The maximum Gasteiger partial charge on any atom is 0.234 e. The summed E-state index contributed by atoms with van der Waals surface area (Å²) in [5.41, 5.74) is 0.579. The van der Waals surface area contributed by atoms with Crippen molar-refractivity contribution in [2.75, 3.05) is 0 Å². The van der Waals surface area contributed by atoms with E-state index in [9.17, 15) is 5.11 Å². The van der Waals surface area contributed by atoms with Crippen LogP contribution in [0, 0.1) is 0 Å². The zero-order chi connectivity index (χ0) is 15.0. The number of halogens is 2. The monoisotopic (exact) mass is 341 g/mol. The van der Waals surface area contributed by atoms with Crippen molar-refractivity contribution < 1.29 is 5.11 Å². The normalized spacial score (nSPS) is 11.0. The lowest BCUT2D eigenvalue weighted by Gasteiger charge is -2.01. The number of nitrogens with zero attached hydrogens (tertiary/aromatic N) is 5. The highest BCUT2D eigenvalue weighted by Gasteiger charge is 2.20. The predicted octanol–water partition coefficient (Wildman–Crippen LogP) is 3.50. The molecule has 2 heterocycles. The molecule has 6 nitrogen and oxygen atoms in total. The predicted molar refractivity (Wildman–Crippen MR) is 81.7 cm³/mol. The number of hydrogen-bond donors (Lipinski definition) is 1. The van der Waals surface area contributed by atoms with Gasteiger partial charge in [0, 0.05) is 5.56 Å². The molecular weight excluding hydrogens is 333 g/mol. The highest BCUT2D eigenvalue weighted by Crippen LogP contribution is 2.42. The Morgan fingerprint density at radius 3 is 2.62 bits per heavy atom. The second kappa shape index (κ2) is 5.59. The van der Waals surface area contributed by atoms with Crippen LogP contribution >= 0.6 is 34.5 Å². The molecular formula is C12H9Cl2N5OS. The maximum absolute atomic E-state index is 10.0. The van der Waals surface area contributed by atoms with Crippen LogP contribution in [0.3, 0.4) is 0 Å². The van der Waals surface area contributed by atoms with Crippen molar-refractivity contribution >= 4 is 34.5 Å². The van der Waals surface area contributed by atoms with E-state index < -0.39 is 0 Å². The molecule has 0 amide bonds. The van der Waals surface area contributed by atoms with Crippen molar-refractivity contribution in [2.24, 2.45) is 0 Å². The Kier molecular flexibility index (Phi) is 3.79. The molecule has 3 rings (SSSR count). The van der Waals surface area contributed by atoms with Crippen LogP contribution < -0.4 is 0 Å². The van der Waals surface area contributed by atoms with Gasteiger partial charge >= 0.3 is 0 Å². The lowest BCUT2D eigenvalue weighted by Crippen LogP contribution is -1.98. The van der Waals surface area contributed by atoms with Gasteiger partial charge in [0.05, 0.1) is 16.6 Å². The Morgan fingerprint density at radius 2 is 2.00 bits per heavy atom. The van der Waals surface area contributed by atoms with Gasteiger partial charge in [-0.25, -0.2) is 4.98 Å². The Bertz CT molecular complexity index is 781. The van der Waals surface area contributed by atoms with Crippen molar-refractivity contribution in [3.63, 3.8) is 0 Å². The van der Waals surface area contributed by atoms with E-state index in [4.69, 9.17) is 23.2 Å². The summed E-state index contributed by atoms with van der Waals surface area (Å²) in [6, 6.07) is 5.18. The van der Waals surface area contributed by atoms with E-state index in [1.165, 1.54) is 16.1 Å². The average molecular weight is 342 g/mol. The minimum atomic E-state index is -0.165. The zero-order valence-electron chi connectivity index (χ0n) is 10.8. The highest BCUT2D eigenvalue weighted by atomic mass is 35.5. The zero-order valence-corrected chi connectivity index (χ0v) is 13.1. The smallest absolute Gasteiger partial charge is 0.234 e. The largest absolute Gasteiger partial charge is 0.492 e. The van der Waals surface area contributed by atoms with Crippen molar-refractivity contribution in [1.29, 1.82) is 0 Å². The van der Waals surface area contributed by atoms with Crippen molar-refractivity contribution in [1.82, 2.24) is 25.2 Å². The summed E-state index contributed by atoms with van der Waals surface area (Å²) < 4.78 is 0. The lowest BCUT2D eigenvalue weighted by atomic mass is 10.2. The first kappa shape index (κ1) is 14.2. The summed E-state index contributed by atoms with van der Waals surface area (Å²) in [7, 11) is 0. The number of aryl methyl sites for hydroxylation is 1. The van der Waals surface area contributed by atoms with Crippen molar-refractivity contribution in [3.05, 3.63) is 28.2 Å². The third-order valence-electron chi connectivity index (χ3n) is 2.72. The molecule has 0 saturated heterocycles. The first-order chi connectivity index (χ1) is 10.1. The molecule has 0 atom stereocenters. The fraction of sp³-hybridized carbons (Fsp3) is 0.167. The van der Waals surface area contributed by atoms with E-state index in [2.05, 4.69) is 20.4 Å². The molecule has 0 aliphatic carbocycles. The Balaban J connectivity index is 2.09. The average Bonchev–Trinajstić information content (AvgIpc) is 3.05. The van der Waals surface area contributed by atoms with Crippen LogP contribution in [0.2, 0.25) is 10.0 Å². The minimum absolute atomic E-state index is 0.165. The molecule has 1 N–H and O–H groups in total. The summed E-state index contributed by atoms with van der Waals surface area (Å²) in [4.78, 5) is 5.96. The molecule has 0 radical (unpaired) electrons. The molecule has 0 aliphatic heterocycles. The fourth-order valence-corrected chi connectivity index (χ4v) is 3.38. The summed E-state index contributed by atoms with van der Waals surface area (Å²) in [5, 5.41) is 23.4. The number of rotatable bonds is 3. The number of benzene rings is 1. The molecule has 0 bridgehead atoms. The Labute approximate surface area is 134 Å². The molecule has 21 heavy (non-hydrogen) atoms. The van der Waals surface area contributed by atoms with Crippen LogP contribution in [-0.4, -0.2) is 30.3 Å². The first-order valence-electron chi connectivity index (χ1n) is 6.02. The summed E-state index contributed by atoms with van der Waals surface area (Å²) in [6.07, 6.45) is 0. The van der Waals surface area contributed by atoms with Gasteiger partial charge in [0.25, 0.3) is 0 Å². The van der Waals surface area contributed by atoms with Gasteiger partial charge in [0.15, 0.2) is 0 Å². The minimum Gasteiger partial charge on any atom is -0.492 e.